The summed E-state index contributed by atoms with van der Waals surface area (Å²) >= 11 is 5.72. The third kappa shape index (κ3) is 3.12. The van der Waals surface area contributed by atoms with E-state index >= 15 is 0 Å². The molecule has 0 saturated carbocycles. The first-order valence-corrected chi connectivity index (χ1v) is 5.16. The Balaban J connectivity index is 2.63. The summed E-state index contributed by atoms with van der Waals surface area (Å²) in [5, 5.41) is 12.3. The lowest BCUT2D eigenvalue weighted by molar-refractivity contribution is -0.145. The smallest absolute Gasteiger partial charge is 0.327 e. The Morgan fingerprint density at radius 2 is 2.06 bits per heavy atom. The molecule has 0 saturated heterocycles. The lowest BCUT2D eigenvalue weighted by atomic mass is 10.1. The maximum atomic E-state index is 11.0. The van der Waals surface area contributed by atoms with Gasteiger partial charge in [-0.25, -0.2) is 0 Å². The number of carbonyl (C=O) groups is 1. The molecule has 0 radical (unpaired) electrons. The van der Waals surface area contributed by atoms with E-state index in [9.17, 15) is 4.79 Å². The van der Waals surface area contributed by atoms with E-state index in [1.54, 1.807) is 38.2 Å². The second kappa shape index (κ2) is 5.18. The molecular weight excluding hydrogens is 230 g/mol. The summed E-state index contributed by atoms with van der Waals surface area (Å²) in [6, 6.07) is 6.77. The summed E-state index contributed by atoms with van der Waals surface area (Å²) in [6.07, 6.45) is 0. The molecule has 1 aromatic carbocycles. The number of halogens is 1. The van der Waals surface area contributed by atoms with Crippen LogP contribution < -0.4 is 10.1 Å². The molecule has 0 bridgehead atoms. The Morgan fingerprint density at radius 3 is 2.50 bits per heavy atom. The van der Waals surface area contributed by atoms with Crippen molar-refractivity contribution in [3.8, 4) is 5.75 Å². The maximum absolute atomic E-state index is 11.0. The summed E-state index contributed by atoms with van der Waals surface area (Å²) in [6.45, 7) is 1.60. The number of carboxylic acids is 1. The minimum absolute atomic E-state index is 0.0421. The highest BCUT2D eigenvalue weighted by Gasteiger charge is 2.32. The van der Waals surface area contributed by atoms with Gasteiger partial charge in [0.1, 0.15) is 17.9 Å². The predicted molar refractivity (Wildman–Crippen MR) is 62.0 cm³/mol. The van der Waals surface area contributed by atoms with E-state index < -0.39 is 11.5 Å². The van der Waals surface area contributed by atoms with Gasteiger partial charge < -0.3 is 15.2 Å². The van der Waals surface area contributed by atoms with E-state index in [2.05, 4.69) is 5.32 Å². The first-order valence-electron chi connectivity index (χ1n) is 4.78. The Hall–Kier alpha value is -1.26. The maximum Gasteiger partial charge on any atom is 0.327 e. The number of likely N-dealkylation sites (N-methyl/N-ethyl adjacent to an activating group) is 1. The number of rotatable bonds is 5. The molecule has 0 aliphatic heterocycles. The highest BCUT2D eigenvalue weighted by atomic mass is 35.5. The van der Waals surface area contributed by atoms with Crippen LogP contribution in [-0.4, -0.2) is 30.3 Å². The predicted octanol–water partition coefficient (Wildman–Crippen LogP) is 1.78. The lowest BCUT2D eigenvalue weighted by Crippen LogP contribution is -2.52. The van der Waals surface area contributed by atoms with Crippen molar-refractivity contribution in [1.29, 1.82) is 0 Å². The highest BCUT2D eigenvalue weighted by Crippen LogP contribution is 2.17. The van der Waals surface area contributed by atoms with Gasteiger partial charge in [0, 0.05) is 5.02 Å². The van der Waals surface area contributed by atoms with Crippen molar-refractivity contribution in [2.45, 2.75) is 12.5 Å². The third-order valence-electron chi connectivity index (χ3n) is 2.36. The Morgan fingerprint density at radius 1 is 1.50 bits per heavy atom. The Kier molecular flexibility index (Phi) is 4.15. The normalized spacial score (nSPS) is 14.2. The quantitative estimate of drug-likeness (QED) is 0.828. The average Bonchev–Trinajstić information content (AvgIpc) is 2.27. The van der Waals surface area contributed by atoms with Gasteiger partial charge >= 0.3 is 5.97 Å². The van der Waals surface area contributed by atoms with Crippen LogP contribution in [0.2, 0.25) is 5.02 Å². The molecule has 88 valence electrons. The summed E-state index contributed by atoms with van der Waals surface area (Å²) < 4.78 is 5.38. The van der Waals surface area contributed by atoms with E-state index in [1.165, 1.54) is 0 Å². The van der Waals surface area contributed by atoms with E-state index in [0.29, 0.717) is 10.8 Å². The molecular formula is C11H14ClNO3. The molecule has 2 N–H and O–H groups in total. The fourth-order valence-corrected chi connectivity index (χ4v) is 1.13. The van der Waals surface area contributed by atoms with Gasteiger partial charge in [0.05, 0.1) is 0 Å². The second-order valence-corrected chi connectivity index (χ2v) is 4.07. The van der Waals surface area contributed by atoms with Crippen molar-refractivity contribution in [1.82, 2.24) is 5.32 Å². The van der Waals surface area contributed by atoms with Gasteiger partial charge in [-0.15, -0.1) is 0 Å². The van der Waals surface area contributed by atoms with Crippen LogP contribution in [0.25, 0.3) is 0 Å². The Bertz CT molecular complexity index is 366. The zero-order valence-electron chi connectivity index (χ0n) is 9.16. The molecule has 1 aromatic rings. The largest absolute Gasteiger partial charge is 0.491 e. The minimum atomic E-state index is -1.10. The van der Waals surface area contributed by atoms with Crippen LogP contribution in [0.3, 0.4) is 0 Å². The van der Waals surface area contributed by atoms with Crippen molar-refractivity contribution in [2.24, 2.45) is 0 Å². The molecule has 1 unspecified atom stereocenters. The molecule has 0 fully saturated rings. The molecule has 1 rings (SSSR count). The lowest BCUT2D eigenvalue weighted by Gasteiger charge is -2.24. The van der Waals surface area contributed by atoms with Crippen LogP contribution in [0.15, 0.2) is 24.3 Å². The summed E-state index contributed by atoms with van der Waals surface area (Å²) in [4.78, 5) is 11.0. The number of benzene rings is 1. The van der Waals surface area contributed by atoms with Gasteiger partial charge in [-0.05, 0) is 38.2 Å². The molecule has 0 aliphatic rings. The molecule has 0 heterocycles. The van der Waals surface area contributed by atoms with E-state index in [0.717, 1.165) is 0 Å². The molecule has 0 spiro atoms. The molecule has 0 aromatic heterocycles. The van der Waals surface area contributed by atoms with Crippen molar-refractivity contribution < 1.29 is 14.6 Å². The Labute approximate surface area is 99.2 Å². The molecule has 0 amide bonds. The number of nitrogens with one attached hydrogen (secondary N) is 1. The van der Waals surface area contributed by atoms with Crippen LogP contribution in [0.4, 0.5) is 0 Å². The number of ether oxygens (including phenoxy) is 1. The van der Waals surface area contributed by atoms with Crippen molar-refractivity contribution in [2.75, 3.05) is 13.7 Å². The first-order chi connectivity index (χ1) is 7.48. The van der Waals surface area contributed by atoms with Crippen molar-refractivity contribution in [3.63, 3.8) is 0 Å². The monoisotopic (exact) mass is 243 g/mol. The average molecular weight is 244 g/mol. The van der Waals surface area contributed by atoms with Crippen LogP contribution >= 0.6 is 11.6 Å². The third-order valence-corrected chi connectivity index (χ3v) is 2.62. The zero-order chi connectivity index (χ0) is 12.2. The van der Waals surface area contributed by atoms with Gasteiger partial charge in [0.2, 0.25) is 0 Å². The molecule has 16 heavy (non-hydrogen) atoms. The topological polar surface area (TPSA) is 58.6 Å². The van der Waals surface area contributed by atoms with E-state index in [4.69, 9.17) is 21.4 Å². The van der Waals surface area contributed by atoms with Gasteiger partial charge in [-0.1, -0.05) is 11.6 Å². The molecule has 0 aliphatic carbocycles. The number of hydrogen-bond acceptors (Lipinski definition) is 3. The molecule has 5 heteroatoms. The second-order valence-electron chi connectivity index (χ2n) is 3.63. The van der Waals surface area contributed by atoms with Gasteiger partial charge in [-0.2, -0.15) is 0 Å². The number of aliphatic carboxylic acids is 1. The van der Waals surface area contributed by atoms with Gasteiger partial charge in [-0.3, -0.25) is 4.79 Å². The van der Waals surface area contributed by atoms with Crippen molar-refractivity contribution >= 4 is 17.6 Å². The molecule has 4 nitrogen and oxygen atoms in total. The zero-order valence-corrected chi connectivity index (χ0v) is 9.91. The van der Waals surface area contributed by atoms with Gasteiger partial charge in [0.25, 0.3) is 0 Å². The van der Waals surface area contributed by atoms with Crippen LogP contribution in [-0.2, 0) is 4.79 Å². The number of hydrogen-bond donors (Lipinski definition) is 2. The first kappa shape index (κ1) is 12.8. The fraction of sp³-hybridized carbons (Fsp3) is 0.364. The summed E-state index contributed by atoms with van der Waals surface area (Å²) in [5.74, 6) is -0.365. The van der Waals surface area contributed by atoms with Crippen LogP contribution in [0, 0.1) is 0 Å². The van der Waals surface area contributed by atoms with Gasteiger partial charge in [0.15, 0.2) is 0 Å². The van der Waals surface area contributed by atoms with E-state index in [1.807, 2.05) is 0 Å². The number of carboxylic acid groups (broad SMARTS) is 1. The minimum Gasteiger partial charge on any atom is -0.491 e. The SMILES string of the molecule is CNC(C)(COc1ccc(Cl)cc1)C(=O)O. The highest BCUT2D eigenvalue weighted by molar-refractivity contribution is 6.30. The van der Waals surface area contributed by atoms with Crippen molar-refractivity contribution in [3.05, 3.63) is 29.3 Å². The standard InChI is InChI=1S/C11H14ClNO3/c1-11(13-2,10(14)15)7-16-9-5-3-8(12)4-6-9/h3-6,13H,7H2,1-2H3,(H,14,15). The summed E-state index contributed by atoms with van der Waals surface area (Å²) in [7, 11) is 1.58. The molecule has 1 atom stereocenters. The summed E-state index contributed by atoms with van der Waals surface area (Å²) in [5.41, 5.74) is -1.10. The van der Waals surface area contributed by atoms with E-state index in [-0.39, 0.29) is 6.61 Å². The van der Waals surface area contributed by atoms with Crippen LogP contribution in [0.5, 0.6) is 5.75 Å². The van der Waals surface area contributed by atoms with Crippen LogP contribution in [0.1, 0.15) is 6.92 Å². The fourth-order valence-electron chi connectivity index (χ4n) is 0.999.